The molecule has 2 rings (SSSR count). The standard InChI is InChI=1S/C19H23ClN2O3S/c1-2-3-13-21-19(23)15-22(14-16-7-5-4-6-8-16)26(24,25)18-11-9-17(20)10-12-18/h4-12H,2-3,13-15H2,1H3,(H,21,23). The molecule has 0 radical (unpaired) electrons. The highest BCUT2D eigenvalue weighted by Crippen LogP contribution is 2.20. The van der Waals surface area contributed by atoms with Gasteiger partial charge < -0.3 is 5.32 Å². The number of nitrogens with one attached hydrogen (secondary N) is 1. The maximum Gasteiger partial charge on any atom is 0.243 e. The lowest BCUT2D eigenvalue weighted by molar-refractivity contribution is -0.121. The molecule has 1 N–H and O–H groups in total. The average Bonchev–Trinajstić information content (AvgIpc) is 2.62. The van der Waals surface area contributed by atoms with Gasteiger partial charge >= 0.3 is 0 Å². The van der Waals surface area contributed by atoms with E-state index in [1.165, 1.54) is 28.6 Å². The number of nitrogens with zero attached hydrogens (tertiary/aromatic N) is 1. The molecule has 0 saturated heterocycles. The van der Waals surface area contributed by atoms with Crippen LogP contribution in [-0.4, -0.2) is 31.7 Å². The molecule has 2 aromatic rings. The number of rotatable bonds is 9. The van der Waals surface area contributed by atoms with Crippen molar-refractivity contribution in [2.75, 3.05) is 13.1 Å². The minimum absolute atomic E-state index is 0.110. The van der Waals surface area contributed by atoms with Gasteiger partial charge in [-0.3, -0.25) is 4.79 Å². The molecular formula is C19H23ClN2O3S. The largest absolute Gasteiger partial charge is 0.355 e. The lowest BCUT2D eigenvalue weighted by Gasteiger charge is -2.22. The Balaban J connectivity index is 2.23. The van der Waals surface area contributed by atoms with E-state index in [1.54, 1.807) is 0 Å². The number of hydrogen-bond donors (Lipinski definition) is 1. The van der Waals surface area contributed by atoms with Crippen LogP contribution in [0, 0.1) is 0 Å². The zero-order chi connectivity index (χ0) is 19.0. The Morgan fingerprint density at radius 3 is 2.35 bits per heavy atom. The highest BCUT2D eigenvalue weighted by molar-refractivity contribution is 7.89. The average molecular weight is 395 g/mol. The topological polar surface area (TPSA) is 66.5 Å². The van der Waals surface area contributed by atoms with Crippen LogP contribution < -0.4 is 5.32 Å². The zero-order valence-electron chi connectivity index (χ0n) is 14.7. The Morgan fingerprint density at radius 2 is 1.73 bits per heavy atom. The van der Waals surface area contributed by atoms with Crippen LogP contribution in [0.5, 0.6) is 0 Å². The number of carbonyl (C=O) groups excluding carboxylic acids is 1. The quantitative estimate of drug-likeness (QED) is 0.662. The molecule has 26 heavy (non-hydrogen) atoms. The van der Waals surface area contributed by atoms with Crippen molar-refractivity contribution in [1.82, 2.24) is 9.62 Å². The molecule has 0 fully saturated rings. The molecule has 140 valence electrons. The lowest BCUT2D eigenvalue weighted by atomic mass is 10.2. The molecule has 0 aliphatic heterocycles. The summed E-state index contributed by atoms with van der Waals surface area (Å²) in [5, 5.41) is 3.22. The molecule has 0 spiro atoms. The van der Waals surface area contributed by atoms with Crippen LogP contribution in [-0.2, 0) is 21.4 Å². The summed E-state index contributed by atoms with van der Waals surface area (Å²) in [5.74, 6) is -0.313. The van der Waals surface area contributed by atoms with Gasteiger partial charge in [-0.05, 0) is 36.2 Å². The second-order valence-corrected chi connectivity index (χ2v) is 8.29. The molecular weight excluding hydrogens is 372 g/mol. The van der Waals surface area contributed by atoms with Gasteiger partial charge in [0.2, 0.25) is 15.9 Å². The van der Waals surface area contributed by atoms with E-state index in [4.69, 9.17) is 11.6 Å². The van der Waals surface area contributed by atoms with Gasteiger partial charge in [-0.2, -0.15) is 4.31 Å². The first-order valence-corrected chi connectivity index (χ1v) is 10.3. The molecule has 0 bridgehead atoms. The second kappa shape index (κ2) is 9.71. The van der Waals surface area contributed by atoms with E-state index in [-0.39, 0.29) is 23.9 Å². The summed E-state index contributed by atoms with van der Waals surface area (Å²) >= 11 is 5.85. The predicted molar refractivity (Wildman–Crippen MR) is 103 cm³/mol. The maximum absolute atomic E-state index is 13.0. The molecule has 2 aromatic carbocycles. The Morgan fingerprint density at radius 1 is 1.08 bits per heavy atom. The number of sulfonamides is 1. The van der Waals surface area contributed by atoms with E-state index in [1.807, 2.05) is 37.3 Å². The fourth-order valence-corrected chi connectivity index (χ4v) is 3.90. The van der Waals surface area contributed by atoms with Crippen molar-refractivity contribution in [3.8, 4) is 0 Å². The zero-order valence-corrected chi connectivity index (χ0v) is 16.3. The van der Waals surface area contributed by atoms with Crippen LogP contribution in [0.3, 0.4) is 0 Å². The third-order valence-corrected chi connectivity index (χ3v) is 5.88. The van der Waals surface area contributed by atoms with Crippen molar-refractivity contribution in [1.29, 1.82) is 0 Å². The van der Waals surface area contributed by atoms with Gasteiger partial charge in [0.15, 0.2) is 0 Å². The third kappa shape index (κ3) is 5.83. The van der Waals surface area contributed by atoms with E-state index in [9.17, 15) is 13.2 Å². The summed E-state index contributed by atoms with van der Waals surface area (Å²) in [6.45, 7) is 2.45. The van der Waals surface area contributed by atoms with Crippen molar-refractivity contribution < 1.29 is 13.2 Å². The second-order valence-electron chi connectivity index (χ2n) is 5.92. The first-order valence-electron chi connectivity index (χ1n) is 8.50. The monoisotopic (exact) mass is 394 g/mol. The SMILES string of the molecule is CCCCNC(=O)CN(Cc1ccccc1)S(=O)(=O)c1ccc(Cl)cc1. The van der Waals surface area contributed by atoms with Gasteiger partial charge in [-0.1, -0.05) is 55.3 Å². The van der Waals surface area contributed by atoms with E-state index in [2.05, 4.69) is 5.32 Å². The Labute approximate surface area is 160 Å². The van der Waals surface area contributed by atoms with Gasteiger partial charge in [-0.25, -0.2) is 8.42 Å². The van der Waals surface area contributed by atoms with E-state index in [0.29, 0.717) is 11.6 Å². The number of carbonyl (C=O) groups is 1. The smallest absolute Gasteiger partial charge is 0.243 e. The summed E-state index contributed by atoms with van der Waals surface area (Å²) in [6, 6.07) is 15.1. The molecule has 7 heteroatoms. The maximum atomic E-state index is 13.0. The first-order chi connectivity index (χ1) is 12.4. The van der Waals surface area contributed by atoms with Gasteiger partial charge in [0.25, 0.3) is 0 Å². The van der Waals surface area contributed by atoms with Gasteiger partial charge in [0, 0.05) is 18.1 Å². The minimum Gasteiger partial charge on any atom is -0.355 e. The van der Waals surface area contributed by atoms with Crippen molar-refractivity contribution in [2.24, 2.45) is 0 Å². The lowest BCUT2D eigenvalue weighted by Crippen LogP contribution is -2.40. The predicted octanol–water partition coefficient (Wildman–Crippen LogP) is 3.45. The molecule has 0 aromatic heterocycles. The van der Waals surface area contributed by atoms with Gasteiger partial charge in [0.1, 0.15) is 0 Å². The van der Waals surface area contributed by atoms with Crippen LogP contribution in [0.15, 0.2) is 59.5 Å². The van der Waals surface area contributed by atoms with Gasteiger partial charge in [-0.15, -0.1) is 0 Å². The van der Waals surface area contributed by atoms with Crippen LogP contribution in [0.25, 0.3) is 0 Å². The fourth-order valence-electron chi connectivity index (χ4n) is 2.39. The molecule has 0 aliphatic rings. The number of benzene rings is 2. The molecule has 5 nitrogen and oxygen atoms in total. The summed E-state index contributed by atoms with van der Waals surface area (Å²) in [6.07, 6.45) is 1.81. The highest BCUT2D eigenvalue weighted by Gasteiger charge is 2.26. The van der Waals surface area contributed by atoms with Crippen molar-refractivity contribution in [2.45, 2.75) is 31.2 Å². The van der Waals surface area contributed by atoms with Crippen LogP contribution >= 0.6 is 11.6 Å². The Bertz CT molecular complexity index is 808. The molecule has 0 unspecified atom stereocenters. The van der Waals surface area contributed by atoms with E-state index in [0.717, 1.165) is 18.4 Å². The molecule has 1 amide bonds. The summed E-state index contributed by atoms with van der Waals surface area (Å²) < 4.78 is 27.2. The van der Waals surface area contributed by atoms with Crippen LogP contribution in [0.1, 0.15) is 25.3 Å². The molecule has 0 aliphatic carbocycles. The molecule has 0 atom stereocenters. The van der Waals surface area contributed by atoms with E-state index >= 15 is 0 Å². The Kier molecular flexibility index (Phi) is 7.63. The number of unbranched alkanes of at least 4 members (excludes halogenated alkanes) is 1. The summed E-state index contributed by atoms with van der Waals surface area (Å²) in [7, 11) is -3.83. The molecule has 0 heterocycles. The number of hydrogen-bond acceptors (Lipinski definition) is 3. The molecule has 0 saturated carbocycles. The van der Waals surface area contributed by atoms with Crippen molar-refractivity contribution in [3.63, 3.8) is 0 Å². The van der Waals surface area contributed by atoms with Crippen LogP contribution in [0.4, 0.5) is 0 Å². The van der Waals surface area contributed by atoms with Crippen molar-refractivity contribution >= 4 is 27.5 Å². The normalized spacial score (nSPS) is 11.5. The number of amides is 1. The van der Waals surface area contributed by atoms with Crippen LogP contribution in [0.2, 0.25) is 5.02 Å². The summed E-state index contributed by atoms with van der Waals surface area (Å²) in [5.41, 5.74) is 0.811. The minimum atomic E-state index is -3.83. The Hall–Kier alpha value is -1.89. The van der Waals surface area contributed by atoms with Crippen molar-refractivity contribution in [3.05, 3.63) is 65.2 Å². The third-order valence-electron chi connectivity index (χ3n) is 3.83. The fraction of sp³-hybridized carbons (Fsp3) is 0.316. The summed E-state index contributed by atoms with van der Waals surface area (Å²) in [4.78, 5) is 12.3. The first kappa shape index (κ1) is 20.4. The highest BCUT2D eigenvalue weighted by atomic mass is 35.5. The van der Waals surface area contributed by atoms with E-state index < -0.39 is 10.0 Å². The van der Waals surface area contributed by atoms with Gasteiger partial charge in [0.05, 0.1) is 11.4 Å². The number of halogens is 1.